The number of nitrogens with one attached hydrogen (secondary N) is 2. The van der Waals surface area contributed by atoms with E-state index in [1.54, 1.807) is 18.2 Å². The summed E-state index contributed by atoms with van der Waals surface area (Å²) < 4.78 is 0. The Morgan fingerprint density at radius 1 is 0.958 bits per heavy atom. The molecule has 0 atom stereocenters. The van der Waals surface area contributed by atoms with Gasteiger partial charge in [0.2, 0.25) is 0 Å². The Hall–Kier alpha value is -3.08. The molecule has 0 aliphatic carbocycles. The largest absolute Gasteiger partial charge is 0.378 e. The molecule has 0 saturated carbocycles. The predicted octanol–water partition coefficient (Wildman–Crippen LogP) is 2.54. The minimum absolute atomic E-state index is 0.342. The zero-order chi connectivity index (χ0) is 17.5. The summed E-state index contributed by atoms with van der Waals surface area (Å²) in [5.41, 5.74) is 8.14. The number of anilines is 1. The lowest BCUT2D eigenvalue weighted by Crippen LogP contribution is -2.41. The highest BCUT2D eigenvalue weighted by Crippen LogP contribution is 2.13. The number of amides is 2. The monoisotopic (exact) mass is 323 g/mol. The molecule has 0 aliphatic heterocycles. The molecule has 5 heteroatoms. The third-order valence-corrected chi connectivity index (χ3v) is 3.53. The molecule has 0 unspecified atom stereocenters. The van der Waals surface area contributed by atoms with Crippen molar-refractivity contribution in [1.82, 2.24) is 10.9 Å². The van der Waals surface area contributed by atoms with Crippen LogP contribution in [0.5, 0.6) is 0 Å². The topological polar surface area (TPSA) is 61.4 Å². The summed E-state index contributed by atoms with van der Waals surface area (Å²) in [7, 11) is 3.94. The van der Waals surface area contributed by atoms with Crippen LogP contribution >= 0.6 is 0 Å². The van der Waals surface area contributed by atoms with Crippen molar-refractivity contribution in [3.8, 4) is 0 Å². The molecule has 2 aromatic carbocycles. The average molecular weight is 323 g/mol. The Morgan fingerprint density at radius 2 is 1.62 bits per heavy atom. The smallest absolute Gasteiger partial charge is 0.269 e. The highest BCUT2D eigenvalue weighted by Gasteiger charge is 2.08. The molecule has 24 heavy (non-hydrogen) atoms. The second-order valence-electron chi connectivity index (χ2n) is 5.58. The van der Waals surface area contributed by atoms with Gasteiger partial charge in [-0.2, -0.15) is 0 Å². The third kappa shape index (κ3) is 4.71. The van der Waals surface area contributed by atoms with Crippen LogP contribution in [0.1, 0.15) is 21.5 Å². The molecule has 0 aromatic heterocycles. The van der Waals surface area contributed by atoms with Crippen LogP contribution in [0.2, 0.25) is 0 Å². The third-order valence-electron chi connectivity index (χ3n) is 3.53. The summed E-state index contributed by atoms with van der Waals surface area (Å²) >= 11 is 0. The standard InChI is InChI=1S/C19H21N3O2/c1-14-6-4-5-7-17(14)19(24)21-20-18(23)13-10-15-8-11-16(12-9-15)22(2)3/h4-13H,1-3H3,(H,20,23)(H,21,24)/b13-10+. The number of hydrogen-bond donors (Lipinski definition) is 2. The molecule has 2 rings (SSSR count). The Balaban J connectivity index is 1.89. The minimum atomic E-state index is -0.395. The summed E-state index contributed by atoms with van der Waals surface area (Å²) in [4.78, 5) is 25.8. The molecule has 124 valence electrons. The predicted molar refractivity (Wildman–Crippen MR) is 96.6 cm³/mol. The minimum Gasteiger partial charge on any atom is -0.378 e. The maximum absolute atomic E-state index is 12.0. The van der Waals surface area contributed by atoms with E-state index in [2.05, 4.69) is 10.9 Å². The van der Waals surface area contributed by atoms with Gasteiger partial charge in [0.25, 0.3) is 11.8 Å². The lowest BCUT2D eigenvalue weighted by Gasteiger charge is -2.11. The van der Waals surface area contributed by atoms with Crippen LogP contribution in [-0.4, -0.2) is 25.9 Å². The maximum Gasteiger partial charge on any atom is 0.269 e. The molecule has 0 heterocycles. The first-order chi connectivity index (χ1) is 11.5. The van der Waals surface area contributed by atoms with Crippen LogP contribution in [-0.2, 0) is 4.79 Å². The Kier molecular flexibility index (Phi) is 5.73. The van der Waals surface area contributed by atoms with E-state index in [4.69, 9.17) is 0 Å². The first-order valence-corrected chi connectivity index (χ1v) is 7.59. The second-order valence-corrected chi connectivity index (χ2v) is 5.58. The van der Waals surface area contributed by atoms with Gasteiger partial charge in [0, 0.05) is 31.4 Å². The van der Waals surface area contributed by atoms with Gasteiger partial charge < -0.3 is 4.90 Å². The van der Waals surface area contributed by atoms with E-state index in [9.17, 15) is 9.59 Å². The van der Waals surface area contributed by atoms with E-state index in [1.807, 2.05) is 62.3 Å². The number of hydrogen-bond acceptors (Lipinski definition) is 3. The van der Waals surface area contributed by atoms with Crippen molar-refractivity contribution in [2.24, 2.45) is 0 Å². The van der Waals surface area contributed by atoms with E-state index in [0.29, 0.717) is 5.56 Å². The molecular formula is C19H21N3O2. The second kappa shape index (κ2) is 7.97. The molecule has 0 bridgehead atoms. The summed E-state index contributed by atoms with van der Waals surface area (Å²) in [6.45, 7) is 1.84. The lowest BCUT2D eigenvalue weighted by molar-refractivity contribution is -0.117. The number of aryl methyl sites for hydroxylation is 1. The first kappa shape index (κ1) is 17.3. The highest BCUT2D eigenvalue weighted by molar-refractivity contribution is 5.98. The van der Waals surface area contributed by atoms with Gasteiger partial charge in [0.15, 0.2) is 0 Å². The fraction of sp³-hybridized carbons (Fsp3) is 0.158. The number of hydrazine groups is 1. The van der Waals surface area contributed by atoms with Gasteiger partial charge in [-0.15, -0.1) is 0 Å². The Labute approximate surface area is 142 Å². The first-order valence-electron chi connectivity index (χ1n) is 7.59. The van der Waals surface area contributed by atoms with Crippen molar-refractivity contribution in [1.29, 1.82) is 0 Å². The zero-order valence-corrected chi connectivity index (χ0v) is 14.0. The van der Waals surface area contributed by atoms with E-state index in [-0.39, 0.29) is 5.91 Å². The lowest BCUT2D eigenvalue weighted by atomic mass is 10.1. The summed E-state index contributed by atoms with van der Waals surface area (Å²) in [6.07, 6.45) is 3.07. The van der Waals surface area contributed by atoms with Crippen LogP contribution in [0, 0.1) is 6.92 Å². The van der Waals surface area contributed by atoms with E-state index >= 15 is 0 Å². The van der Waals surface area contributed by atoms with Crippen LogP contribution in [0.25, 0.3) is 6.08 Å². The quantitative estimate of drug-likeness (QED) is 0.671. The fourth-order valence-corrected chi connectivity index (χ4v) is 2.11. The fourth-order valence-electron chi connectivity index (χ4n) is 2.11. The van der Waals surface area contributed by atoms with Gasteiger partial charge >= 0.3 is 0 Å². The molecule has 0 spiro atoms. The average Bonchev–Trinajstić information content (AvgIpc) is 2.58. The van der Waals surface area contributed by atoms with E-state index in [1.165, 1.54) is 6.08 Å². The van der Waals surface area contributed by atoms with Gasteiger partial charge in [0.1, 0.15) is 0 Å². The summed E-state index contributed by atoms with van der Waals surface area (Å²) in [5, 5.41) is 0. The number of carbonyl (C=O) groups excluding carboxylic acids is 2. The molecular weight excluding hydrogens is 302 g/mol. The number of benzene rings is 2. The number of carbonyl (C=O) groups is 2. The molecule has 0 fully saturated rings. The van der Waals surface area contributed by atoms with E-state index in [0.717, 1.165) is 16.8 Å². The molecule has 0 aliphatic rings. The van der Waals surface area contributed by atoms with Crippen molar-refractivity contribution in [2.45, 2.75) is 6.92 Å². The van der Waals surface area contributed by atoms with Gasteiger partial charge in [-0.1, -0.05) is 30.3 Å². The van der Waals surface area contributed by atoms with Crippen molar-refractivity contribution in [3.63, 3.8) is 0 Å². The van der Waals surface area contributed by atoms with Crippen molar-refractivity contribution in [2.75, 3.05) is 19.0 Å². The zero-order valence-electron chi connectivity index (χ0n) is 14.0. The van der Waals surface area contributed by atoms with Gasteiger partial charge in [-0.25, -0.2) is 0 Å². The van der Waals surface area contributed by atoms with Crippen LogP contribution in [0.4, 0.5) is 5.69 Å². The summed E-state index contributed by atoms with van der Waals surface area (Å²) in [5.74, 6) is -0.737. The normalized spacial score (nSPS) is 10.5. The maximum atomic E-state index is 12.0. The Morgan fingerprint density at radius 3 is 2.25 bits per heavy atom. The van der Waals surface area contributed by atoms with Gasteiger partial charge in [0.05, 0.1) is 0 Å². The molecule has 2 N–H and O–H groups in total. The molecule has 0 saturated heterocycles. The molecule has 0 radical (unpaired) electrons. The van der Waals surface area contributed by atoms with Crippen LogP contribution in [0.3, 0.4) is 0 Å². The number of rotatable bonds is 4. The molecule has 5 nitrogen and oxygen atoms in total. The Bertz CT molecular complexity index is 749. The van der Waals surface area contributed by atoms with Crippen LogP contribution in [0.15, 0.2) is 54.6 Å². The molecule has 2 aromatic rings. The highest BCUT2D eigenvalue weighted by atomic mass is 16.2. The SMILES string of the molecule is Cc1ccccc1C(=O)NNC(=O)/C=C/c1ccc(N(C)C)cc1. The van der Waals surface area contributed by atoms with Gasteiger partial charge in [-0.3, -0.25) is 20.4 Å². The van der Waals surface area contributed by atoms with Crippen LogP contribution < -0.4 is 15.8 Å². The van der Waals surface area contributed by atoms with E-state index < -0.39 is 5.91 Å². The molecule has 2 amide bonds. The van der Waals surface area contributed by atoms with Crippen molar-refractivity contribution >= 4 is 23.6 Å². The van der Waals surface area contributed by atoms with Crippen molar-refractivity contribution in [3.05, 3.63) is 71.3 Å². The summed E-state index contributed by atoms with van der Waals surface area (Å²) in [6, 6.07) is 15.0. The van der Waals surface area contributed by atoms with Gasteiger partial charge in [-0.05, 0) is 42.3 Å². The number of nitrogens with zero attached hydrogens (tertiary/aromatic N) is 1. The van der Waals surface area contributed by atoms with Crippen molar-refractivity contribution < 1.29 is 9.59 Å².